The van der Waals surface area contributed by atoms with Gasteiger partial charge < -0.3 is 29.7 Å². The van der Waals surface area contributed by atoms with E-state index in [1.54, 1.807) is 0 Å². The molecule has 1 aliphatic carbocycles. The summed E-state index contributed by atoms with van der Waals surface area (Å²) in [6, 6.07) is 8.29. The number of amides is 1. The van der Waals surface area contributed by atoms with E-state index in [1.807, 2.05) is 31.3 Å². The lowest BCUT2D eigenvalue weighted by Gasteiger charge is -2.37. The van der Waals surface area contributed by atoms with Crippen molar-refractivity contribution in [1.82, 2.24) is 15.5 Å². The van der Waals surface area contributed by atoms with Crippen LogP contribution in [0.1, 0.15) is 31.2 Å². The van der Waals surface area contributed by atoms with E-state index in [0.717, 1.165) is 64.3 Å². The van der Waals surface area contributed by atoms with E-state index in [4.69, 9.17) is 14.2 Å². The molecule has 9 heteroatoms. The average Bonchev–Trinajstić information content (AvgIpc) is 3.44. The summed E-state index contributed by atoms with van der Waals surface area (Å²) in [5.74, 6) is 1.58. The minimum Gasteiger partial charge on any atom is -0.484 e. The van der Waals surface area contributed by atoms with Gasteiger partial charge in [0, 0.05) is 39.3 Å². The zero-order chi connectivity index (χ0) is 21.5. The van der Waals surface area contributed by atoms with Crippen LogP contribution < -0.4 is 15.4 Å². The Morgan fingerprint density at radius 1 is 1.16 bits per heavy atom. The summed E-state index contributed by atoms with van der Waals surface area (Å²) in [7, 11) is 1.82. The number of guanidine groups is 1. The number of carbonyl (C=O) groups is 1. The highest BCUT2D eigenvalue weighted by Crippen LogP contribution is 2.21. The summed E-state index contributed by atoms with van der Waals surface area (Å²) in [5, 5.41) is 6.40. The van der Waals surface area contributed by atoms with Crippen molar-refractivity contribution in [3.05, 3.63) is 29.8 Å². The number of carbonyl (C=O) groups excluding carboxylic acids is 1. The molecule has 1 aromatic rings. The van der Waals surface area contributed by atoms with Crippen LogP contribution in [0.3, 0.4) is 0 Å². The maximum absolute atomic E-state index is 11.7. The number of rotatable bonds is 8. The smallest absolute Gasteiger partial charge is 0.258 e. The van der Waals surface area contributed by atoms with Crippen molar-refractivity contribution < 1.29 is 19.0 Å². The van der Waals surface area contributed by atoms with Gasteiger partial charge in [0.15, 0.2) is 12.6 Å². The zero-order valence-corrected chi connectivity index (χ0v) is 21.1. The molecule has 3 fully saturated rings. The van der Waals surface area contributed by atoms with Crippen LogP contribution in [-0.2, 0) is 20.7 Å². The molecule has 2 unspecified atom stereocenters. The number of hydrogen-bond donors (Lipinski definition) is 2. The van der Waals surface area contributed by atoms with Crippen molar-refractivity contribution in [2.24, 2.45) is 4.99 Å². The monoisotopic (exact) mass is 558 g/mol. The molecule has 0 spiro atoms. The number of ether oxygens (including phenoxy) is 3. The number of halogens is 1. The van der Waals surface area contributed by atoms with Crippen LogP contribution in [0.25, 0.3) is 0 Å². The number of morpholine rings is 1. The average molecular weight is 558 g/mol. The first-order valence-electron chi connectivity index (χ1n) is 11.4. The van der Waals surface area contributed by atoms with Gasteiger partial charge in [0.25, 0.3) is 5.91 Å². The summed E-state index contributed by atoms with van der Waals surface area (Å²) in [4.78, 5) is 18.4. The summed E-state index contributed by atoms with van der Waals surface area (Å²) in [6.07, 6.45) is 5.57. The van der Waals surface area contributed by atoms with E-state index in [1.165, 1.54) is 5.56 Å². The fraction of sp³-hybridized carbons (Fsp3) is 0.652. The molecule has 8 nitrogen and oxygen atoms in total. The second-order valence-corrected chi connectivity index (χ2v) is 8.41. The molecule has 2 aliphatic heterocycles. The first-order chi connectivity index (χ1) is 15.2. The third kappa shape index (κ3) is 7.48. The quantitative estimate of drug-likeness (QED) is 0.289. The molecule has 178 valence electrons. The summed E-state index contributed by atoms with van der Waals surface area (Å²) < 4.78 is 17.3. The lowest BCUT2D eigenvalue weighted by molar-refractivity contribution is -0.123. The Labute approximate surface area is 207 Å². The molecule has 1 aromatic carbocycles. The molecular formula is C23H35IN4O4. The van der Waals surface area contributed by atoms with E-state index in [-0.39, 0.29) is 48.7 Å². The van der Waals surface area contributed by atoms with Crippen molar-refractivity contribution >= 4 is 35.8 Å². The lowest BCUT2D eigenvalue weighted by atomic mass is 10.1. The predicted octanol–water partition coefficient (Wildman–Crippen LogP) is 1.96. The molecule has 0 aromatic heterocycles. The molecule has 3 aliphatic rings. The van der Waals surface area contributed by atoms with Crippen molar-refractivity contribution in [2.75, 3.05) is 46.5 Å². The second-order valence-electron chi connectivity index (χ2n) is 8.41. The van der Waals surface area contributed by atoms with Gasteiger partial charge >= 0.3 is 0 Å². The van der Waals surface area contributed by atoms with Gasteiger partial charge in [0.2, 0.25) is 0 Å². The van der Waals surface area contributed by atoms with Gasteiger partial charge in [0.05, 0.1) is 12.7 Å². The second kappa shape index (κ2) is 12.6. The number of aliphatic imine (C=N–C) groups is 1. The van der Waals surface area contributed by atoms with E-state index >= 15 is 0 Å². The highest BCUT2D eigenvalue weighted by atomic mass is 127. The van der Waals surface area contributed by atoms with E-state index in [0.29, 0.717) is 18.4 Å². The Hall–Kier alpha value is -1.59. The Morgan fingerprint density at radius 3 is 2.62 bits per heavy atom. The van der Waals surface area contributed by atoms with Crippen LogP contribution in [0.15, 0.2) is 29.3 Å². The Balaban J connectivity index is 0.00000289. The first-order valence-corrected chi connectivity index (χ1v) is 11.4. The Bertz CT molecular complexity index is 751. The summed E-state index contributed by atoms with van der Waals surface area (Å²) in [5.41, 5.74) is 1.21. The van der Waals surface area contributed by atoms with Gasteiger partial charge in [-0.3, -0.25) is 9.79 Å². The van der Waals surface area contributed by atoms with Crippen LogP contribution in [0.2, 0.25) is 0 Å². The standard InChI is InChI=1S/C23H34N4O4.HI/c1-24-23(27-12-14-30-21(15-27)20-3-2-13-29-20)25-11-10-17-4-8-19(9-5-17)31-16-22(28)26-18-6-7-18;/h4-5,8-9,18,20-21H,2-3,6-7,10-16H2,1H3,(H,24,25)(H,26,28);1H. The van der Waals surface area contributed by atoms with Crippen molar-refractivity contribution in [1.29, 1.82) is 0 Å². The molecule has 2 atom stereocenters. The largest absolute Gasteiger partial charge is 0.484 e. The normalized spacial score (nSPS) is 23.4. The Morgan fingerprint density at radius 2 is 1.94 bits per heavy atom. The number of nitrogens with one attached hydrogen (secondary N) is 2. The number of nitrogens with zero attached hydrogens (tertiary/aromatic N) is 2. The number of hydrogen-bond acceptors (Lipinski definition) is 5. The number of benzene rings is 1. The zero-order valence-electron chi connectivity index (χ0n) is 18.8. The fourth-order valence-corrected chi connectivity index (χ4v) is 4.04. The molecule has 2 heterocycles. The maximum atomic E-state index is 11.7. The minimum atomic E-state index is -0.0491. The van der Waals surface area contributed by atoms with Crippen LogP contribution >= 0.6 is 24.0 Å². The molecule has 1 saturated carbocycles. The molecule has 4 rings (SSSR count). The van der Waals surface area contributed by atoms with Crippen LogP contribution in [0.5, 0.6) is 5.75 Å². The molecule has 32 heavy (non-hydrogen) atoms. The van der Waals surface area contributed by atoms with Gasteiger partial charge in [-0.25, -0.2) is 0 Å². The van der Waals surface area contributed by atoms with E-state index in [9.17, 15) is 4.79 Å². The van der Waals surface area contributed by atoms with Gasteiger partial charge in [-0.05, 0) is 49.8 Å². The molecule has 0 bridgehead atoms. The van der Waals surface area contributed by atoms with Crippen LogP contribution in [0.4, 0.5) is 0 Å². The van der Waals surface area contributed by atoms with Gasteiger partial charge in [-0.1, -0.05) is 12.1 Å². The topological polar surface area (TPSA) is 84.4 Å². The Kier molecular flexibility index (Phi) is 9.86. The third-order valence-electron chi connectivity index (χ3n) is 5.92. The maximum Gasteiger partial charge on any atom is 0.258 e. The molecule has 0 radical (unpaired) electrons. The molecule has 1 amide bonds. The van der Waals surface area contributed by atoms with Crippen LogP contribution in [-0.4, -0.2) is 81.5 Å². The van der Waals surface area contributed by atoms with Crippen molar-refractivity contribution in [2.45, 2.75) is 50.4 Å². The predicted molar refractivity (Wildman–Crippen MR) is 134 cm³/mol. The van der Waals surface area contributed by atoms with Crippen molar-refractivity contribution in [3.8, 4) is 5.75 Å². The summed E-state index contributed by atoms with van der Waals surface area (Å²) >= 11 is 0. The van der Waals surface area contributed by atoms with Crippen molar-refractivity contribution in [3.63, 3.8) is 0 Å². The SMILES string of the molecule is CN=C(NCCc1ccc(OCC(=O)NC2CC2)cc1)N1CCOC(C2CCCO2)C1.I. The van der Waals surface area contributed by atoms with Gasteiger partial charge in [-0.15, -0.1) is 24.0 Å². The van der Waals surface area contributed by atoms with Gasteiger partial charge in [-0.2, -0.15) is 0 Å². The highest BCUT2D eigenvalue weighted by Gasteiger charge is 2.32. The highest BCUT2D eigenvalue weighted by molar-refractivity contribution is 14.0. The fourth-order valence-electron chi connectivity index (χ4n) is 4.04. The molecular weight excluding hydrogens is 523 g/mol. The van der Waals surface area contributed by atoms with Gasteiger partial charge in [0.1, 0.15) is 11.9 Å². The van der Waals surface area contributed by atoms with Crippen LogP contribution in [0, 0.1) is 0 Å². The van der Waals surface area contributed by atoms with E-state index in [2.05, 4.69) is 20.5 Å². The van der Waals surface area contributed by atoms with E-state index < -0.39 is 0 Å². The minimum absolute atomic E-state index is 0. The third-order valence-corrected chi connectivity index (χ3v) is 5.92. The molecule has 2 saturated heterocycles. The molecule has 2 N–H and O–H groups in total. The first kappa shape index (κ1) is 25.0. The summed E-state index contributed by atoms with van der Waals surface area (Å²) in [6.45, 7) is 4.05. The lowest BCUT2D eigenvalue weighted by Crippen LogP contribution is -2.53.